The van der Waals surface area contributed by atoms with E-state index in [9.17, 15) is 5.11 Å². The number of nitrogens with zero attached hydrogens (tertiary/aromatic N) is 4. The molecule has 1 aromatic rings. The highest BCUT2D eigenvalue weighted by Crippen LogP contribution is 2.42. The van der Waals surface area contributed by atoms with Crippen molar-refractivity contribution in [3.8, 4) is 0 Å². The summed E-state index contributed by atoms with van der Waals surface area (Å²) < 4.78 is 0. The van der Waals surface area contributed by atoms with Gasteiger partial charge >= 0.3 is 0 Å². The first kappa shape index (κ1) is 6.72. The van der Waals surface area contributed by atoms with Crippen LogP contribution in [0.3, 0.4) is 0 Å². The monoisotopic (exact) mass is 154 g/mol. The van der Waals surface area contributed by atoms with Crippen molar-refractivity contribution in [3.05, 3.63) is 5.82 Å². The Balaban J connectivity index is 2.25. The minimum Gasteiger partial charge on any atom is -0.382 e. The number of aliphatic hydroxyl groups is 1. The van der Waals surface area contributed by atoms with Gasteiger partial charge in [-0.3, -0.25) is 0 Å². The van der Waals surface area contributed by atoms with Gasteiger partial charge in [0.25, 0.3) is 0 Å². The molecule has 5 nitrogen and oxygen atoms in total. The van der Waals surface area contributed by atoms with Crippen LogP contribution >= 0.6 is 0 Å². The molecule has 5 heteroatoms. The predicted octanol–water partition coefficient (Wildman–Crippen LogP) is -0.326. The van der Waals surface area contributed by atoms with Crippen LogP contribution < -0.4 is 0 Å². The summed E-state index contributed by atoms with van der Waals surface area (Å²) in [6.07, 6.45) is 1.53. The van der Waals surface area contributed by atoms with E-state index < -0.39 is 5.60 Å². The Morgan fingerprint density at radius 3 is 2.82 bits per heavy atom. The predicted molar refractivity (Wildman–Crippen MR) is 36.6 cm³/mol. The average molecular weight is 154 g/mol. The molecule has 1 saturated carbocycles. The van der Waals surface area contributed by atoms with Crippen LogP contribution in [0.4, 0.5) is 0 Å². The summed E-state index contributed by atoms with van der Waals surface area (Å²) in [6, 6.07) is 0. The summed E-state index contributed by atoms with van der Waals surface area (Å²) in [5.41, 5.74) is -0.743. The highest BCUT2D eigenvalue weighted by molar-refractivity contribution is 5.07. The van der Waals surface area contributed by atoms with Gasteiger partial charge in [-0.15, -0.1) is 10.2 Å². The van der Waals surface area contributed by atoms with Gasteiger partial charge in [0, 0.05) is 0 Å². The second-order valence-corrected chi connectivity index (χ2v) is 2.83. The Hall–Kier alpha value is -0.970. The molecular formula is C6H10N4O. The molecule has 11 heavy (non-hydrogen) atoms. The van der Waals surface area contributed by atoms with Crippen LogP contribution in [-0.2, 0) is 12.1 Å². The van der Waals surface area contributed by atoms with Gasteiger partial charge in [0.2, 0.25) is 5.82 Å². The van der Waals surface area contributed by atoms with Crippen LogP contribution in [0, 0.1) is 0 Å². The van der Waals surface area contributed by atoms with Crippen molar-refractivity contribution in [1.29, 1.82) is 0 Å². The van der Waals surface area contributed by atoms with E-state index in [0.29, 0.717) is 12.4 Å². The lowest BCUT2D eigenvalue weighted by Gasteiger charge is -1.96. The number of aryl methyl sites for hydroxylation is 1. The van der Waals surface area contributed by atoms with Gasteiger partial charge in [-0.2, -0.15) is 4.80 Å². The fourth-order valence-electron chi connectivity index (χ4n) is 0.905. The smallest absolute Gasteiger partial charge is 0.206 e. The Bertz CT molecular complexity index is 265. The lowest BCUT2D eigenvalue weighted by molar-refractivity contribution is 0.140. The van der Waals surface area contributed by atoms with Crippen LogP contribution in [0.25, 0.3) is 0 Å². The molecule has 2 rings (SSSR count). The molecule has 0 spiro atoms. The molecule has 1 aromatic heterocycles. The van der Waals surface area contributed by atoms with Crippen molar-refractivity contribution < 1.29 is 5.11 Å². The maximum Gasteiger partial charge on any atom is 0.206 e. The first-order valence-electron chi connectivity index (χ1n) is 3.75. The summed E-state index contributed by atoms with van der Waals surface area (Å²) in [4.78, 5) is 1.48. The molecule has 0 atom stereocenters. The molecule has 1 aliphatic rings. The molecule has 0 aromatic carbocycles. The first-order chi connectivity index (χ1) is 5.24. The van der Waals surface area contributed by atoms with Crippen LogP contribution in [0.15, 0.2) is 0 Å². The highest BCUT2D eigenvalue weighted by Gasteiger charge is 2.46. The summed E-state index contributed by atoms with van der Waals surface area (Å²) in [6.45, 7) is 2.63. The Morgan fingerprint density at radius 2 is 2.36 bits per heavy atom. The molecule has 0 aliphatic heterocycles. The fraction of sp³-hybridized carbons (Fsp3) is 0.833. The van der Waals surface area contributed by atoms with E-state index in [-0.39, 0.29) is 0 Å². The summed E-state index contributed by atoms with van der Waals surface area (Å²) >= 11 is 0. The molecular weight excluding hydrogens is 144 g/mol. The van der Waals surface area contributed by atoms with Crippen molar-refractivity contribution in [2.24, 2.45) is 0 Å². The Kier molecular flexibility index (Phi) is 1.23. The maximum absolute atomic E-state index is 9.53. The first-order valence-corrected chi connectivity index (χ1v) is 3.75. The molecule has 1 N–H and O–H groups in total. The molecule has 0 unspecified atom stereocenters. The van der Waals surface area contributed by atoms with E-state index in [2.05, 4.69) is 15.4 Å². The van der Waals surface area contributed by atoms with Crippen molar-refractivity contribution in [2.75, 3.05) is 0 Å². The zero-order valence-electron chi connectivity index (χ0n) is 6.36. The molecule has 0 bridgehead atoms. The number of tetrazole rings is 1. The van der Waals surface area contributed by atoms with E-state index in [1.54, 1.807) is 0 Å². The van der Waals surface area contributed by atoms with Crippen molar-refractivity contribution in [1.82, 2.24) is 20.2 Å². The molecule has 1 fully saturated rings. The van der Waals surface area contributed by atoms with Crippen LogP contribution in [0.2, 0.25) is 0 Å². The number of hydrogen-bond donors (Lipinski definition) is 1. The van der Waals surface area contributed by atoms with Crippen molar-refractivity contribution >= 4 is 0 Å². The summed E-state index contributed by atoms with van der Waals surface area (Å²) in [5.74, 6) is 0.472. The number of hydrogen-bond acceptors (Lipinski definition) is 4. The molecule has 0 saturated heterocycles. The standard InChI is InChI=1S/C6H10N4O/c1-2-10-8-5(7-9-10)6(11)3-4-6/h11H,2-4H2,1H3. The second kappa shape index (κ2) is 2.01. The minimum absolute atomic E-state index is 0.472. The van der Waals surface area contributed by atoms with Crippen LogP contribution in [-0.4, -0.2) is 25.3 Å². The maximum atomic E-state index is 9.53. The van der Waals surface area contributed by atoms with E-state index in [4.69, 9.17) is 0 Å². The number of rotatable bonds is 2. The normalized spacial score (nSPS) is 20.2. The van der Waals surface area contributed by atoms with Gasteiger partial charge in [-0.1, -0.05) is 0 Å². The second-order valence-electron chi connectivity index (χ2n) is 2.83. The third-order valence-corrected chi connectivity index (χ3v) is 1.88. The summed E-state index contributed by atoms with van der Waals surface area (Å²) in [7, 11) is 0. The van der Waals surface area contributed by atoms with Gasteiger partial charge in [0.15, 0.2) is 0 Å². The molecule has 1 heterocycles. The average Bonchev–Trinajstić information content (AvgIpc) is 2.61. The summed E-state index contributed by atoms with van der Waals surface area (Å²) in [5, 5.41) is 21.0. The topological polar surface area (TPSA) is 63.8 Å². The Morgan fingerprint density at radius 1 is 1.64 bits per heavy atom. The van der Waals surface area contributed by atoms with E-state index in [0.717, 1.165) is 12.8 Å². The third kappa shape index (κ3) is 1.01. The molecule has 0 radical (unpaired) electrons. The SMILES string of the molecule is CCn1nnc(C2(O)CC2)n1. The van der Waals surface area contributed by atoms with Gasteiger partial charge < -0.3 is 5.11 Å². The van der Waals surface area contributed by atoms with Crippen molar-refractivity contribution in [2.45, 2.75) is 31.9 Å². The third-order valence-electron chi connectivity index (χ3n) is 1.88. The quantitative estimate of drug-likeness (QED) is 0.633. The largest absolute Gasteiger partial charge is 0.382 e. The van der Waals surface area contributed by atoms with E-state index >= 15 is 0 Å². The molecule has 60 valence electrons. The van der Waals surface area contributed by atoms with E-state index in [1.807, 2.05) is 6.92 Å². The van der Waals surface area contributed by atoms with Gasteiger partial charge in [0.05, 0.1) is 6.54 Å². The van der Waals surface area contributed by atoms with Crippen LogP contribution in [0.1, 0.15) is 25.6 Å². The lowest BCUT2D eigenvalue weighted by Crippen LogP contribution is -2.08. The molecule has 1 aliphatic carbocycles. The van der Waals surface area contributed by atoms with Gasteiger partial charge in [-0.05, 0) is 25.0 Å². The zero-order chi connectivity index (χ0) is 7.90. The lowest BCUT2D eigenvalue weighted by atomic mass is 10.3. The zero-order valence-corrected chi connectivity index (χ0v) is 6.36. The van der Waals surface area contributed by atoms with Crippen LogP contribution in [0.5, 0.6) is 0 Å². The fourth-order valence-corrected chi connectivity index (χ4v) is 0.905. The molecule has 0 amide bonds. The van der Waals surface area contributed by atoms with Gasteiger partial charge in [0.1, 0.15) is 5.60 Å². The Labute approximate surface area is 64.0 Å². The van der Waals surface area contributed by atoms with E-state index in [1.165, 1.54) is 4.80 Å². The van der Waals surface area contributed by atoms with Crippen molar-refractivity contribution in [3.63, 3.8) is 0 Å². The minimum atomic E-state index is -0.743. The van der Waals surface area contributed by atoms with Gasteiger partial charge in [-0.25, -0.2) is 0 Å². The number of aromatic nitrogens is 4. The highest BCUT2D eigenvalue weighted by atomic mass is 16.3.